The van der Waals surface area contributed by atoms with E-state index in [-0.39, 0.29) is 50.4 Å². The van der Waals surface area contributed by atoms with Crippen LogP contribution in [-0.4, -0.2) is 114 Å². The molecule has 2 fully saturated rings. The SMILES string of the molecule is Cc1ccccc1/C=c1\[nH]c(=O)/c(=C/c2ncn(CCCN3CCOCC3Cc3cccc(/C=c4\[nH]c(=O)/c(=C/c5ncn(CCCN6CCOCC6)c5C(C)C)[nH]c4=O)c3C)c2C(C)C)[nH]c1=O. The standard InChI is InChI=1S/C53H66N10O6/c1-34(2)48-42(54-32-62(48)18-10-16-60-20-23-68-24-21-60)29-47-53(67)57-45(51(65)59-47)28-40-15-9-14-39(37(40)6)26-41-31-69-25-22-61(41)17-11-19-63-33-55-43(49(63)35(3)4)30-46-52(66)56-44(50(64)58-46)27-38-13-8-7-12-36(38)5/h7-9,12-15,27-30,32-35,41H,10-11,16-26,31H2,1-6H3,(H,56,66)(H,57,67)(H,58,64)(H,59,65)/b44-27-,45-28-,46-30-,47-29-. The van der Waals surface area contributed by atoms with Gasteiger partial charge in [-0.25, -0.2) is 9.97 Å². The Morgan fingerprint density at radius 2 is 1.12 bits per heavy atom. The average Bonchev–Trinajstić information content (AvgIpc) is 3.93. The minimum absolute atomic E-state index is 0.112. The van der Waals surface area contributed by atoms with E-state index in [2.05, 4.69) is 89.5 Å². The second-order valence-electron chi connectivity index (χ2n) is 18.9. The Kier molecular flexibility index (Phi) is 15.8. The highest BCUT2D eigenvalue weighted by Crippen LogP contribution is 2.23. The summed E-state index contributed by atoms with van der Waals surface area (Å²) in [5, 5.41) is 0.696. The zero-order chi connectivity index (χ0) is 48.6. The fourth-order valence-electron chi connectivity index (χ4n) is 9.61. The van der Waals surface area contributed by atoms with E-state index in [0.29, 0.717) is 24.6 Å². The highest BCUT2D eigenvalue weighted by atomic mass is 16.5. The van der Waals surface area contributed by atoms with Gasteiger partial charge < -0.3 is 38.5 Å². The van der Waals surface area contributed by atoms with Crippen LogP contribution in [0.15, 0.2) is 74.3 Å². The Hall–Kier alpha value is -6.46. The van der Waals surface area contributed by atoms with Crippen LogP contribution in [0.2, 0.25) is 0 Å². The number of hydrogen-bond acceptors (Lipinski definition) is 10. The van der Waals surface area contributed by atoms with Crippen LogP contribution in [0.3, 0.4) is 0 Å². The largest absolute Gasteiger partial charge is 0.379 e. The van der Waals surface area contributed by atoms with Crippen molar-refractivity contribution in [1.29, 1.82) is 0 Å². The van der Waals surface area contributed by atoms with Crippen LogP contribution in [0.5, 0.6) is 0 Å². The lowest BCUT2D eigenvalue weighted by molar-refractivity contribution is -0.00797. The molecule has 8 rings (SSSR count). The number of ether oxygens (including phenoxy) is 2. The molecule has 2 aromatic carbocycles. The summed E-state index contributed by atoms with van der Waals surface area (Å²) in [5.74, 6) is 0.275. The zero-order valence-electron chi connectivity index (χ0n) is 40.8. The van der Waals surface area contributed by atoms with Gasteiger partial charge in [-0.05, 0) is 97.1 Å². The van der Waals surface area contributed by atoms with Gasteiger partial charge in [0.1, 0.15) is 21.4 Å². The maximum Gasteiger partial charge on any atom is 0.272 e. The summed E-state index contributed by atoms with van der Waals surface area (Å²) in [6.07, 6.45) is 13.0. The first-order valence-corrected chi connectivity index (χ1v) is 24.3. The molecule has 16 heteroatoms. The van der Waals surface area contributed by atoms with Crippen LogP contribution in [0, 0.1) is 13.8 Å². The molecule has 0 amide bonds. The summed E-state index contributed by atoms with van der Waals surface area (Å²) >= 11 is 0. The molecular formula is C53H66N10O6. The van der Waals surface area contributed by atoms with Crippen molar-refractivity contribution in [2.24, 2.45) is 0 Å². The van der Waals surface area contributed by atoms with E-state index in [1.807, 2.05) is 56.0 Å². The van der Waals surface area contributed by atoms with Gasteiger partial charge in [-0.3, -0.25) is 29.0 Å². The van der Waals surface area contributed by atoms with Crippen LogP contribution >= 0.6 is 0 Å². The number of H-pyrrole nitrogens is 4. The zero-order valence-corrected chi connectivity index (χ0v) is 40.8. The molecule has 0 radical (unpaired) electrons. The van der Waals surface area contributed by atoms with E-state index >= 15 is 0 Å². The van der Waals surface area contributed by atoms with Gasteiger partial charge in [0.15, 0.2) is 0 Å². The number of morpholine rings is 2. The molecule has 2 aliphatic rings. The normalized spacial score (nSPS) is 17.3. The lowest BCUT2D eigenvalue weighted by atomic mass is 9.95. The van der Waals surface area contributed by atoms with Crippen LogP contribution in [-0.2, 0) is 29.0 Å². The molecule has 6 heterocycles. The van der Waals surface area contributed by atoms with E-state index in [1.165, 1.54) is 0 Å². The fourth-order valence-corrected chi connectivity index (χ4v) is 9.61. The summed E-state index contributed by atoms with van der Waals surface area (Å²) < 4.78 is 15.8. The maximum absolute atomic E-state index is 13.5. The molecule has 2 saturated heterocycles. The lowest BCUT2D eigenvalue weighted by Crippen LogP contribution is -2.47. The van der Waals surface area contributed by atoms with Gasteiger partial charge in [-0.2, -0.15) is 0 Å². The molecule has 4 N–H and O–H groups in total. The topological polar surface area (TPSA) is 192 Å². The Balaban J connectivity index is 0.942. The number of nitrogens with one attached hydrogen (secondary N) is 4. The smallest absolute Gasteiger partial charge is 0.272 e. The van der Waals surface area contributed by atoms with Crippen molar-refractivity contribution in [2.75, 3.05) is 59.2 Å². The van der Waals surface area contributed by atoms with E-state index in [4.69, 9.17) is 9.47 Å². The van der Waals surface area contributed by atoms with E-state index in [9.17, 15) is 19.2 Å². The van der Waals surface area contributed by atoms with Gasteiger partial charge in [-0.1, -0.05) is 70.2 Å². The Bertz CT molecular complexity index is 3260. The number of imidazole rings is 2. The van der Waals surface area contributed by atoms with E-state index in [0.717, 1.165) is 117 Å². The van der Waals surface area contributed by atoms with E-state index in [1.54, 1.807) is 24.3 Å². The third-order valence-corrected chi connectivity index (χ3v) is 13.3. The van der Waals surface area contributed by atoms with E-state index < -0.39 is 11.1 Å². The van der Waals surface area contributed by atoms with Crippen molar-refractivity contribution >= 4 is 24.3 Å². The predicted molar refractivity (Wildman–Crippen MR) is 270 cm³/mol. The number of nitrogens with zero attached hydrogens (tertiary/aromatic N) is 6. The number of aromatic amines is 4. The second kappa shape index (κ2) is 22.3. The first-order chi connectivity index (χ1) is 33.3. The molecule has 0 aliphatic carbocycles. The molecular weight excluding hydrogens is 873 g/mol. The van der Waals surface area contributed by atoms with Crippen LogP contribution in [0.1, 0.15) is 103 Å². The summed E-state index contributed by atoms with van der Waals surface area (Å²) in [7, 11) is 0. The quantitative estimate of drug-likeness (QED) is 0.112. The molecule has 1 atom stereocenters. The number of aromatic nitrogens is 8. The molecule has 16 nitrogen and oxygen atoms in total. The van der Waals surface area contributed by atoms with Gasteiger partial charge in [0.25, 0.3) is 22.2 Å². The summed E-state index contributed by atoms with van der Waals surface area (Å²) in [5.41, 5.74) is 6.65. The molecule has 0 bridgehead atoms. The van der Waals surface area contributed by atoms with Crippen LogP contribution < -0.4 is 43.6 Å². The first-order valence-electron chi connectivity index (χ1n) is 24.3. The summed E-state index contributed by atoms with van der Waals surface area (Å²) in [4.78, 5) is 78.7. The summed E-state index contributed by atoms with van der Waals surface area (Å²) in [6, 6.07) is 13.9. The number of benzene rings is 2. The number of hydrogen-bond donors (Lipinski definition) is 4. The number of rotatable bonds is 16. The molecule has 4 aromatic heterocycles. The molecule has 69 heavy (non-hydrogen) atoms. The van der Waals surface area contributed by atoms with Gasteiger partial charge in [0, 0.05) is 63.2 Å². The molecule has 0 spiro atoms. The minimum Gasteiger partial charge on any atom is -0.379 e. The monoisotopic (exact) mass is 939 g/mol. The first kappa shape index (κ1) is 49.0. The Morgan fingerprint density at radius 3 is 1.68 bits per heavy atom. The van der Waals surface area contributed by atoms with Crippen molar-refractivity contribution in [1.82, 2.24) is 48.8 Å². The third kappa shape index (κ3) is 11.9. The number of aryl methyl sites for hydroxylation is 3. The van der Waals surface area contributed by atoms with Crippen molar-refractivity contribution in [3.05, 3.63) is 169 Å². The predicted octanol–water partition coefficient (Wildman–Crippen LogP) is 2.07. The van der Waals surface area contributed by atoms with Gasteiger partial charge in [-0.15, -0.1) is 0 Å². The molecule has 0 saturated carbocycles. The van der Waals surface area contributed by atoms with Gasteiger partial charge in [0.05, 0.1) is 50.5 Å². The Morgan fingerprint density at radius 1 is 0.609 bits per heavy atom. The van der Waals surface area contributed by atoms with Gasteiger partial charge >= 0.3 is 0 Å². The van der Waals surface area contributed by atoms with Crippen LogP contribution in [0.25, 0.3) is 24.3 Å². The fraction of sp³-hybridized carbons (Fsp3) is 0.434. The second-order valence-corrected chi connectivity index (χ2v) is 18.9. The molecule has 364 valence electrons. The van der Waals surface area contributed by atoms with Crippen molar-refractivity contribution in [3.8, 4) is 0 Å². The third-order valence-electron chi connectivity index (χ3n) is 13.3. The highest BCUT2D eigenvalue weighted by Gasteiger charge is 2.24. The van der Waals surface area contributed by atoms with Crippen molar-refractivity contribution in [3.63, 3.8) is 0 Å². The van der Waals surface area contributed by atoms with Gasteiger partial charge in [0.2, 0.25) is 0 Å². The Labute approximate surface area is 400 Å². The molecule has 2 aliphatic heterocycles. The van der Waals surface area contributed by atoms with Crippen molar-refractivity contribution in [2.45, 2.75) is 91.8 Å². The average molecular weight is 939 g/mol. The van der Waals surface area contributed by atoms with Crippen LogP contribution in [0.4, 0.5) is 0 Å². The molecule has 1 unspecified atom stereocenters. The molecule has 6 aromatic rings. The maximum atomic E-state index is 13.5. The lowest BCUT2D eigenvalue weighted by Gasteiger charge is -2.36. The summed E-state index contributed by atoms with van der Waals surface area (Å²) in [6.45, 7) is 21.3. The highest BCUT2D eigenvalue weighted by molar-refractivity contribution is 5.55. The van der Waals surface area contributed by atoms with Crippen molar-refractivity contribution < 1.29 is 9.47 Å². The minimum atomic E-state index is -0.394.